The fraction of sp³-hybridized carbons (Fsp3) is 1.00. The third-order valence-corrected chi connectivity index (χ3v) is 6.85. The van der Waals surface area contributed by atoms with Crippen molar-refractivity contribution in [3.63, 3.8) is 0 Å². The van der Waals surface area contributed by atoms with Crippen molar-refractivity contribution in [2.24, 2.45) is 11.7 Å². The Bertz CT molecular complexity index is 270. The molecule has 3 fully saturated rings. The maximum absolute atomic E-state index is 6.22. The van der Waals surface area contributed by atoms with Crippen molar-refractivity contribution in [2.45, 2.75) is 62.9 Å². The highest BCUT2D eigenvalue weighted by molar-refractivity contribution is 7.99. The van der Waals surface area contributed by atoms with Gasteiger partial charge in [-0.25, -0.2) is 0 Å². The van der Waals surface area contributed by atoms with E-state index in [1.807, 2.05) is 0 Å². The first kappa shape index (κ1) is 13.3. The maximum Gasteiger partial charge on any atom is 0.0425 e. The normalized spacial score (nSPS) is 39.5. The van der Waals surface area contributed by atoms with Crippen molar-refractivity contribution in [1.29, 1.82) is 0 Å². The van der Waals surface area contributed by atoms with E-state index in [-0.39, 0.29) is 0 Å². The van der Waals surface area contributed by atoms with Gasteiger partial charge in [-0.15, -0.1) is 0 Å². The average Bonchev–Trinajstić information content (AvgIpc) is 3.10. The van der Waals surface area contributed by atoms with Gasteiger partial charge in [0.15, 0.2) is 0 Å². The number of thioether (sulfide) groups is 1. The summed E-state index contributed by atoms with van der Waals surface area (Å²) in [4.78, 5) is 2.87. The summed E-state index contributed by atoms with van der Waals surface area (Å²) in [6.07, 6.45) is 11.5. The van der Waals surface area contributed by atoms with Gasteiger partial charge in [0.2, 0.25) is 0 Å². The topological polar surface area (TPSA) is 29.3 Å². The van der Waals surface area contributed by atoms with E-state index >= 15 is 0 Å². The van der Waals surface area contributed by atoms with Crippen LogP contribution in [0.2, 0.25) is 0 Å². The van der Waals surface area contributed by atoms with Crippen LogP contribution in [-0.2, 0) is 0 Å². The summed E-state index contributed by atoms with van der Waals surface area (Å²) in [6.45, 7) is 2.20. The zero-order chi connectivity index (χ0) is 12.4. The summed E-state index contributed by atoms with van der Waals surface area (Å²) < 4.78 is 0. The van der Waals surface area contributed by atoms with Gasteiger partial charge in [0.25, 0.3) is 0 Å². The molecule has 3 heteroatoms. The van der Waals surface area contributed by atoms with Gasteiger partial charge in [-0.2, -0.15) is 11.8 Å². The van der Waals surface area contributed by atoms with Crippen LogP contribution in [0.5, 0.6) is 0 Å². The highest BCUT2D eigenvalue weighted by Gasteiger charge is 2.45. The lowest BCUT2D eigenvalue weighted by atomic mass is 9.88. The zero-order valence-corrected chi connectivity index (χ0v) is 12.4. The molecule has 104 valence electrons. The van der Waals surface area contributed by atoms with Gasteiger partial charge < -0.3 is 5.73 Å². The molecular weight excluding hydrogens is 240 g/mol. The van der Waals surface area contributed by atoms with Crippen LogP contribution < -0.4 is 5.73 Å². The van der Waals surface area contributed by atoms with Gasteiger partial charge in [-0.1, -0.05) is 12.8 Å². The third kappa shape index (κ3) is 2.34. The minimum Gasteiger partial charge on any atom is -0.329 e. The molecule has 2 N–H and O–H groups in total. The number of likely N-dealkylation sites (tertiary alicyclic amines) is 1. The number of nitrogens with zero attached hydrogens (tertiary/aromatic N) is 1. The van der Waals surface area contributed by atoms with Gasteiger partial charge in [-0.3, -0.25) is 4.90 Å². The van der Waals surface area contributed by atoms with Crippen LogP contribution in [0, 0.1) is 5.92 Å². The van der Waals surface area contributed by atoms with Gasteiger partial charge in [0.1, 0.15) is 0 Å². The Balaban J connectivity index is 1.75. The molecule has 3 aliphatic rings. The van der Waals surface area contributed by atoms with Crippen LogP contribution in [0.4, 0.5) is 0 Å². The van der Waals surface area contributed by atoms with Crippen LogP contribution in [-0.4, -0.2) is 41.1 Å². The van der Waals surface area contributed by atoms with E-state index in [9.17, 15) is 0 Å². The molecule has 0 amide bonds. The van der Waals surface area contributed by atoms with Crippen molar-refractivity contribution >= 4 is 11.8 Å². The van der Waals surface area contributed by atoms with Crippen molar-refractivity contribution in [3.05, 3.63) is 0 Å². The molecule has 0 aromatic carbocycles. The molecule has 2 aliphatic heterocycles. The first-order chi connectivity index (χ1) is 8.86. The van der Waals surface area contributed by atoms with Gasteiger partial charge in [-0.05, 0) is 56.7 Å². The zero-order valence-electron chi connectivity index (χ0n) is 11.6. The summed E-state index contributed by atoms with van der Waals surface area (Å²) in [5.74, 6) is 3.62. The average molecular weight is 268 g/mol. The Labute approximate surface area is 116 Å². The van der Waals surface area contributed by atoms with Crippen molar-refractivity contribution < 1.29 is 0 Å². The van der Waals surface area contributed by atoms with Crippen LogP contribution in [0.25, 0.3) is 0 Å². The molecule has 2 heterocycles. The fourth-order valence-electron chi connectivity index (χ4n) is 4.56. The molecule has 2 atom stereocenters. The molecule has 3 rings (SSSR count). The molecule has 2 saturated heterocycles. The molecule has 0 spiro atoms. The Kier molecular flexibility index (Phi) is 4.21. The second-order valence-electron chi connectivity index (χ2n) is 6.53. The fourth-order valence-corrected chi connectivity index (χ4v) is 5.86. The van der Waals surface area contributed by atoms with Gasteiger partial charge >= 0.3 is 0 Å². The van der Waals surface area contributed by atoms with Crippen molar-refractivity contribution in [3.8, 4) is 0 Å². The highest BCUT2D eigenvalue weighted by atomic mass is 32.2. The van der Waals surface area contributed by atoms with Crippen molar-refractivity contribution in [2.75, 3.05) is 24.6 Å². The number of nitrogens with two attached hydrogens (primary N) is 1. The van der Waals surface area contributed by atoms with E-state index in [2.05, 4.69) is 16.7 Å². The summed E-state index contributed by atoms with van der Waals surface area (Å²) in [7, 11) is 0. The predicted octanol–water partition coefficient (Wildman–Crippen LogP) is 2.87. The second-order valence-corrected chi connectivity index (χ2v) is 7.64. The first-order valence-electron chi connectivity index (χ1n) is 7.90. The molecule has 18 heavy (non-hydrogen) atoms. The summed E-state index contributed by atoms with van der Waals surface area (Å²) >= 11 is 2.14. The minimum atomic E-state index is 0.354. The second kappa shape index (κ2) is 5.72. The van der Waals surface area contributed by atoms with E-state index < -0.39 is 0 Å². The lowest BCUT2D eigenvalue weighted by Crippen LogP contribution is -2.59. The van der Waals surface area contributed by atoms with Crippen LogP contribution in [0.1, 0.15) is 51.4 Å². The third-order valence-electron chi connectivity index (χ3n) is 5.53. The van der Waals surface area contributed by atoms with Crippen LogP contribution >= 0.6 is 11.8 Å². The van der Waals surface area contributed by atoms with Gasteiger partial charge in [0, 0.05) is 23.9 Å². The van der Waals surface area contributed by atoms with E-state index in [0.717, 1.165) is 18.5 Å². The molecule has 0 aromatic rings. The molecule has 0 bridgehead atoms. The number of hydrogen-bond donors (Lipinski definition) is 1. The lowest BCUT2D eigenvalue weighted by molar-refractivity contribution is 0.0613. The largest absolute Gasteiger partial charge is 0.329 e. The minimum absolute atomic E-state index is 0.354. The monoisotopic (exact) mass is 268 g/mol. The SMILES string of the molecule is NCC1(N2CCCC2C2CCCC2)CCCSC1. The summed E-state index contributed by atoms with van der Waals surface area (Å²) in [5, 5.41) is 0. The Hall–Kier alpha value is 0.270. The molecule has 0 radical (unpaired) electrons. The van der Waals surface area contributed by atoms with E-state index in [4.69, 9.17) is 5.73 Å². The number of rotatable bonds is 3. The molecule has 0 aromatic heterocycles. The predicted molar refractivity (Wildman–Crippen MR) is 80.0 cm³/mol. The Morgan fingerprint density at radius 3 is 2.61 bits per heavy atom. The molecule has 2 nitrogen and oxygen atoms in total. The molecule has 1 saturated carbocycles. The van der Waals surface area contributed by atoms with E-state index in [1.165, 1.54) is 69.4 Å². The van der Waals surface area contributed by atoms with Crippen LogP contribution in [0.3, 0.4) is 0 Å². The molecular formula is C15H28N2S. The Morgan fingerprint density at radius 1 is 1.11 bits per heavy atom. The molecule has 2 unspecified atom stereocenters. The quantitative estimate of drug-likeness (QED) is 0.853. The van der Waals surface area contributed by atoms with Crippen LogP contribution in [0.15, 0.2) is 0 Å². The lowest BCUT2D eigenvalue weighted by Gasteiger charge is -2.48. The Morgan fingerprint density at radius 2 is 1.94 bits per heavy atom. The smallest absolute Gasteiger partial charge is 0.0425 e. The number of hydrogen-bond acceptors (Lipinski definition) is 3. The van der Waals surface area contributed by atoms with E-state index in [0.29, 0.717) is 5.54 Å². The maximum atomic E-state index is 6.22. The molecule has 1 aliphatic carbocycles. The highest BCUT2D eigenvalue weighted by Crippen LogP contribution is 2.42. The summed E-state index contributed by atoms with van der Waals surface area (Å²) in [6, 6.07) is 0.870. The first-order valence-corrected chi connectivity index (χ1v) is 9.06. The standard InChI is InChI=1S/C15H28N2S/c16-11-15(8-4-10-18-12-15)17-9-3-7-14(17)13-5-1-2-6-13/h13-14H,1-12,16H2. The summed E-state index contributed by atoms with van der Waals surface area (Å²) in [5.41, 5.74) is 6.58. The van der Waals surface area contributed by atoms with Crippen molar-refractivity contribution in [1.82, 2.24) is 4.90 Å². The van der Waals surface area contributed by atoms with Gasteiger partial charge in [0.05, 0.1) is 0 Å². The van der Waals surface area contributed by atoms with E-state index in [1.54, 1.807) is 0 Å².